The molecule has 3 aromatic carbocycles. The molecule has 0 heterocycles. The lowest BCUT2D eigenvalue weighted by atomic mass is 10.2. The molecular formula is C24H24N4O7S. The standard InChI is InChI=1S/C24H24N4O7S/c1-34-20-9-11-21(12-10-20)36(32,33)27(16-18-6-4-3-5-7-18)17-24(29)26-25-15-19-8-13-23(35-2)22(14-19)28(30)31/h3-15H,16-17H2,1-2H3,(H,26,29)/b25-15-. The molecule has 3 rings (SSSR count). The Morgan fingerprint density at radius 1 is 1.06 bits per heavy atom. The van der Waals surface area contributed by atoms with Crippen molar-refractivity contribution in [2.24, 2.45) is 5.10 Å². The molecule has 36 heavy (non-hydrogen) atoms. The van der Waals surface area contributed by atoms with Crippen molar-refractivity contribution in [2.45, 2.75) is 11.4 Å². The summed E-state index contributed by atoms with van der Waals surface area (Å²) in [6.45, 7) is -0.555. The number of hydrogen-bond donors (Lipinski definition) is 1. The largest absolute Gasteiger partial charge is 0.497 e. The highest BCUT2D eigenvalue weighted by Gasteiger charge is 2.27. The predicted molar refractivity (Wildman–Crippen MR) is 132 cm³/mol. The number of carbonyl (C=O) groups excluding carboxylic acids is 1. The van der Waals surface area contributed by atoms with Crippen molar-refractivity contribution in [3.05, 3.63) is 94.0 Å². The number of rotatable bonds is 11. The average Bonchev–Trinajstić information content (AvgIpc) is 2.88. The molecular weight excluding hydrogens is 488 g/mol. The van der Waals surface area contributed by atoms with E-state index >= 15 is 0 Å². The quantitative estimate of drug-likeness (QED) is 0.237. The molecule has 11 nitrogen and oxygen atoms in total. The van der Waals surface area contributed by atoms with Gasteiger partial charge in [0.1, 0.15) is 5.75 Å². The van der Waals surface area contributed by atoms with Crippen LogP contribution in [0.5, 0.6) is 11.5 Å². The molecule has 0 unspecified atom stereocenters. The van der Waals surface area contributed by atoms with Gasteiger partial charge >= 0.3 is 5.69 Å². The van der Waals surface area contributed by atoms with Crippen LogP contribution in [-0.2, 0) is 21.4 Å². The van der Waals surface area contributed by atoms with Gasteiger partial charge in [0.2, 0.25) is 10.0 Å². The zero-order chi connectivity index (χ0) is 26.1. The number of hydrogen-bond acceptors (Lipinski definition) is 8. The molecule has 0 aromatic heterocycles. The molecule has 0 spiro atoms. The van der Waals surface area contributed by atoms with Crippen molar-refractivity contribution in [1.82, 2.24) is 9.73 Å². The van der Waals surface area contributed by atoms with Gasteiger partial charge in [-0.1, -0.05) is 30.3 Å². The minimum absolute atomic E-state index is 0.000995. The molecule has 0 saturated heterocycles. The summed E-state index contributed by atoms with van der Waals surface area (Å²) in [6.07, 6.45) is 1.21. The number of benzene rings is 3. The van der Waals surface area contributed by atoms with Crippen molar-refractivity contribution >= 4 is 27.8 Å². The first-order chi connectivity index (χ1) is 17.2. The molecule has 0 saturated carbocycles. The highest BCUT2D eigenvalue weighted by Crippen LogP contribution is 2.27. The topological polar surface area (TPSA) is 140 Å². The van der Waals surface area contributed by atoms with Gasteiger partial charge in [-0.05, 0) is 42.0 Å². The Kier molecular flexibility index (Phi) is 8.71. The van der Waals surface area contributed by atoms with Crippen molar-refractivity contribution in [3.8, 4) is 11.5 Å². The third-order valence-electron chi connectivity index (χ3n) is 5.02. The van der Waals surface area contributed by atoms with E-state index in [-0.39, 0.29) is 22.9 Å². The van der Waals surface area contributed by atoms with Crippen LogP contribution in [0, 0.1) is 10.1 Å². The van der Waals surface area contributed by atoms with Gasteiger partial charge in [0.15, 0.2) is 5.75 Å². The van der Waals surface area contributed by atoms with Crippen LogP contribution in [-0.4, -0.2) is 50.5 Å². The average molecular weight is 513 g/mol. The first kappa shape index (κ1) is 26.3. The maximum absolute atomic E-state index is 13.3. The molecule has 12 heteroatoms. The van der Waals surface area contributed by atoms with Gasteiger partial charge in [-0.15, -0.1) is 0 Å². The summed E-state index contributed by atoms with van der Waals surface area (Å²) in [5, 5.41) is 15.0. The molecule has 0 aliphatic rings. The number of amides is 1. The fraction of sp³-hybridized carbons (Fsp3) is 0.167. The number of nitrogens with zero attached hydrogens (tertiary/aromatic N) is 3. The van der Waals surface area contributed by atoms with Gasteiger partial charge in [0.05, 0.1) is 36.8 Å². The van der Waals surface area contributed by atoms with E-state index < -0.39 is 27.4 Å². The number of sulfonamides is 1. The monoisotopic (exact) mass is 512 g/mol. The highest BCUT2D eigenvalue weighted by atomic mass is 32.2. The Balaban J connectivity index is 1.78. The summed E-state index contributed by atoms with van der Waals surface area (Å²) in [7, 11) is -1.25. The van der Waals surface area contributed by atoms with Crippen LogP contribution in [0.25, 0.3) is 0 Å². The summed E-state index contributed by atoms with van der Waals surface area (Å²) in [5.74, 6) is -0.113. The third kappa shape index (κ3) is 6.64. The van der Waals surface area contributed by atoms with Crippen molar-refractivity contribution in [3.63, 3.8) is 0 Å². The lowest BCUT2D eigenvalue weighted by Crippen LogP contribution is -2.39. The minimum atomic E-state index is -4.04. The smallest absolute Gasteiger partial charge is 0.311 e. The van der Waals surface area contributed by atoms with E-state index in [1.807, 2.05) is 0 Å². The number of methoxy groups -OCH3 is 2. The van der Waals surface area contributed by atoms with E-state index in [9.17, 15) is 23.3 Å². The van der Waals surface area contributed by atoms with Gasteiger partial charge in [-0.25, -0.2) is 13.8 Å². The minimum Gasteiger partial charge on any atom is -0.497 e. The Morgan fingerprint density at radius 3 is 2.36 bits per heavy atom. The van der Waals surface area contributed by atoms with Gasteiger partial charge in [-0.3, -0.25) is 14.9 Å². The van der Waals surface area contributed by atoms with Crippen molar-refractivity contribution in [2.75, 3.05) is 20.8 Å². The lowest BCUT2D eigenvalue weighted by Gasteiger charge is -2.21. The number of nitro benzene ring substituents is 1. The molecule has 0 atom stereocenters. The Bertz CT molecular complexity index is 1340. The van der Waals surface area contributed by atoms with Crippen molar-refractivity contribution < 1.29 is 27.6 Å². The SMILES string of the molecule is COc1ccc(S(=O)(=O)N(CC(=O)N/N=C\c2ccc(OC)c([N+](=O)[O-])c2)Cc2ccccc2)cc1. The first-order valence-corrected chi connectivity index (χ1v) is 12.0. The fourth-order valence-electron chi connectivity index (χ4n) is 3.21. The van der Waals surface area contributed by atoms with Gasteiger partial charge in [0.25, 0.3) is 5.91 Å². The maximum Gasteiger partial charge on any atom is 0.311 e. The Labute approximate surface area is 208 Å². The van der Waals surface area contributed by atoms with Crippen LogP contribution in [0.2, 0.25) is 0 Å². The van der Waals surface area contributed by atoms with Crippen LogP contribution in [0.15, 0.2) is 82.8 Å². The second-order valence-corrected chi connectivity index (χ2v) is 9.35. The molecule has 0 fully saturated rings. The summed E-state index contributed by atoms with van der Waals surface area (Å²) in [6, 6.07) is 18.9. The second-order valence-electron chi connectivity index (χ2n) is 7.42. The number of nitrogens with one attached hydrogen (secondary N) is 1. The molecule has 0 bridgehead atoms. The number of nitro groups is 1. The third-order valence-corrected chi connectivity index (χ3v) is 6.83. The van der Waals surface area contributed by atoms with Crippen molar-refractivity contribution in [1.29, 1.82) is 0 Å². The Morgan fingerprint density at radius 2 is 1.75 bits per heavy atom. The van der Waals surface area contributed by atoms with Gasteiger partial charge in [-0.2, -0.15) is 9.41 Å². The maximum atomic E-state index is 13.3. The van der Waals surface area contributed by atoms with Gasteiger partial charge in [0, 0.05) is 18.2 Å². The van der Waals surface area contributed by atoms with Gasteiger partial charge < -0.3 is 9.47 Å². The number of ether oxygens (including phenoxy) is 2. The molecule has 188 valence electrons. The Hall–Kier alpha value is -4.29. The van der Waals surface area contributed by atoms with Crippen LogP contribution in [0.4, 0.5) is 5.69 Å². The predicted octanol–water partition coefficient (Wildman–Crippen LogP) is 2.95. The molecule has 0 radical (unpaired) electrons. The van der Waals surface area contributed by atoms with E-state index in [1.54, 1.807) is 30.3 Å². The van der Waals surface area contributed by atoms with E-state index in [2.05, 4.69) is 10.5 Å². The molecule has 0 aliphatic heterocycles. The molecule has 0 aliphatic carbocycles. The zero-order valence-electron chi connectivity index (χ0n) is 19.5. The molecule has 1 N–H and O–H groups in total. The number of carbonyl (C=O) groups is 1. The van der Waals surface area contributed by atoms with E-state index in [0.717, 1.165) is 4.31 Å². The van der Waals surface area contributed by atoms with Crippen LogP contribution >= 0.6 is 0 Å². The fourth-order valence-corrected chi connectivity index (χ4v) is 4.60. The highest BCUT2D eigenvalue weighted by molar-refractivity contribution is 7.89. The molecule has 1 amide bonds. The first-order valence-electron chi connectivity index (χ1n) is 10.6. The molecule has 3 aromatic rings. The summed E-state index contributed by atoms with van der Waals surface area (Å²) in [4.78, 5) is 23.2. The zero-order valence-corrected chi connectivity index (χ0v) is 20.3. The summed E-state index contributed by atoms with van der Waals surface area (Å²) in [5.41, 5.74) is 3.05. The summed E-state index contributed by atoms with van der Waals surface area (Å²) < 4.78 is 37.7. The van der Waals surface area contributed by atoms with Crippen LogP contribution in [0.1, 0.15) is 11.1 Å². The van der Waals surface area contributed by atoms with E-state index in [4.69, 9.17) is 9.47 Å². The summed E-state index contributed by atoms with van der Waals surface area (Å²) >= 11 is 0. The van der Waals surface area contributed by atoms with Crippen LogP contribution in [0.3, 0.4) is 0 Å². The normalized spacial score (nSPS) is 11.4. The number of hydrazone groups is 1. The second kappa shape index (κ2) is 11.9. The van der Waals surface area contributed by atoms with E-state index in [1.165, 1.54) is 62.9 Å². The van der Waals surface area contributed by atoms with Crippen LogP contribution < -0.4 is 14.9 Å². The lowest BCUT2D eigenvalue weighted by molar-refractivity contribution is -0.385. The van der Waals surface area contributed by atoms with E-state index in [0.29, 0.717) is 16.9 Å².